The summed E-state index contributed by atoms with van der Waals surface area (Å²) in [6, 6.07) is 18.7. The fraction of sp³-hybridized carbons (Fsp3) is 0.333. The van der Waals surface area contributed by atoms with Gasteiger partial charge in [0, 0.05) is 25.0 Å². The number of nitrogens with two attached hydrogens (primary N) is 1. The van der Waals surface area contributed by atoms with Gasteiger partial charge in [-0.05, 0) is 17.2 Å². The van der Waals surface area contributed by atoms with E-state index in [4.69, 9.17) is 10.5 Å². The Kier molecular flexibility index (Phi) is 7.54. The van der Waals surface area contributed by atoms with E-state index in [-0.39, 0.29) is 22.9 Å². The highest BCUT2D eigenvalue weighted by atomic mass is 79.9. The fourth-order valence-electron chi connectivity index (χ4n) is 5.80. The van der Waals surface area contributed by atoms with Crippen LogP contribution in [0, 0.1) is 5.92 Å². The Balaban J connectivity index is 0.00000304. The normalized spacial score (nSPS) is 23.8. The van der Waals surface area contributed by atoms with Gasteiger partial charge < -0.3 is 37.0 Å². The van der Waals surface area contributed by atoms with Gasteiger partial charge in [0.25, 0.3) is 5.91 Å². The molecule has 3 aromatic rings. The maximum absolute atomic E-state index is 13.7. The minimum atomic E-state index is -1.95. The Labute approximate surface area is 220 Å². The van der Waals surface area contributed by atoms with E-state index in [0.29, 0.717) is 27.8 Å². The maximum Gasteiger partial charge on any atom is 0.348 e. The van der Waals surface area contributed by atoms with Crippen LogP contribution in [0.4, 0.5) is 0 Å². The van der Waals surface area contributed by atoms with Crippen LogP contribution in [0.3, 0.4) is 0 Å². The number of hydrogen-bond donors (Lipinski definition) is 2. The molecule has 9 heteroatoms. The van der Waals surface area contributed by atoms with Gasteiger partial charge in [0.15, 0.2) is 6.10 Å². The molecule has 3 saturated heterocycles. The molecule has 2 atom stereocenters. The summed E-state index contributed by atoms with van der Waals surface area (Å²) in [4.78, 5) is 34.6. The molecule has 6 rings (SSSR count). The van der Waals surface area contributed by atoms with Gasteiger partial charge in [0.2, 0.25) is 11.6 Å². The molecule has 0 radical (unpaired) electrons. The molecular weight excluding hydrogens is 524 g/mol. The Morgan fingerprint density at radius 3 is 2.08 bits per heavy atom. The van der Waals surface area contributed by atoms with Crippen molar-refractivity contribution in [2.45, 2.75) is 30.6 Å². The largest absolute Gasteiger partial charge is 1.00 e. The molecule has 3 fully saturated rings. The molecule has 1 unspecified atom stereocenters. The summed E-state index contributed by atoms with van der Waals surface area (Å²) >= 11 is 0. The molecular formula is C27H29BrN4O4. The lowest BCUT2D eigenvalue weighted by Gasteiger charge is -2.54. The van der Waals surface area contributed by atoms with E-state index in [1.807, 2.05) is 12.1 Å². The third-order valence-electron chi connectivity index (χ3n) is 7.60. The number of piperidine rings is 3. The van der Waals surface area contributed by atoms with Gasteiger partial charge in [-0.25, -0.2) is 14.8 Å². The monoisotopic (exact) mass is 552 g/mol. The number of nitrogens with zero attached hydrogens (tertiary/aromatic N) is 3. The van der Waals surface area contributed by atoms with Crippen molar-refractivity contribution in [1.82, 2.24) is 9.97 Å². The molecule has 4 heterocycles. The van der Waals surface area contributed by atoms with Crippen LogP contribution in [0.5, 0.6) is 0 Å². The second-order valence-electron chi connectivity index (χ2n) is 9.51. The number of aromatic nitrogens is 2. The van der Waals surface area contributed by atoms with Crippen molar-refractivity contribution < 1.29 is 40.9 Å². The number of benzene rings is 2. The van der Waals surface area contributed by atoms with Gasteiger partial charge in [0.1, 0.15) is 18.6 Å². The number of esters is 1. The number of carbonyl (C=O) groups is 2. The van der Waals surface area contributed by atoms with Gasteiger partial charge in [-0.2, -0.15) is 0 Å². The highest BCUT2D eigenvalue weighted by molar-refractivity contribution is 5.85. The van der Waals surface area contributed by atoms with Gasteiger partial charge in [0.05, 0.1) is 13.1 Å². The smallest absolute Gasteiger partial charge is 0.348 e. The molecule has 1 aromatic heterocycles. The predicted octanol–water partition coefficient (Wildman–Crippen LogP) is -0.905. The van der Waals surface area contributed by atoms with E-state index in [1.54, 1.807) is 60.8 Å². The molecule has 2 bridgehead atoms. The average molecular weight is 553 g/mol. The standard InChI is InChI=1S/C27H28N4O4.BrH/c28-25(32)24(22-11-14-29-18-30-22)31-15-12-19(13-16-31)23(17-31)35-26(33)27(34,20-7-3-1-4-8-20)21-9-5-2-6-10-21;/h1-11,14,18-19,23-24,34H,12-13,15-17H2,(H-,28,32);1H/t19?,23-,24?,31?;/m0./s1. The van der Waals surface area contributed by atoms with Crippen molar-refractivity contribution in [3.63, 3.8) is 0 Å². The van der Waals surface area contributed by atoms with Crippen LogP contribution in [0.25, 0.3) is 0 Å². The van der Waals surface area contributed by atoms with E-state index in [0.717, 1.165) is 25.9 Å². The topological polar surface area (TPSA) is 115 Å². The van der Waals surface area contributed by atoms with Crippen LogP contribution in [0.1, 0.15) is 35.7 Å². The number of aliphatic hydroxyl groups is 1. The highest BCUT2D eigenvalue weighted by Gasteiger charge is 2.55. The van der Waals surface area contributed by atoms with E-state index in [1.165, 1.54) is 6.33 Å². The van der Waals surface area contributed by atoms with E-state index >= 15 is 0 Å². The predicted molar refractivity (Wildman–Crippen MR) is 127 cm³/mol. The molecule has 3 aliphatic rings. The molecule has 3 aliphatic heterocycles. The van der Waals surface area contributed by atoms with Crippen molar-refractivity contribution in [2.75, 3.05) is 19.6 Å². The lowest BCUT2D eigenvalue weighted by Crippen LogP contribution is -3.00. The molecule has 2 aromatic carbocycles. The van der Waals surface area contributed by atoms with Gasteiger partial charge in [-0.1, -0.05) is 60.7 Å². The van der Waals surface area contributed by atoms with Crippen LogP contribution in [0.2, 0.25) is 0 Å². The van der Waals surface area contributed by atoms with Gasteiger partial charge in [-0.3, -0.25) is 4.79 Å². The summed E-state index contributed by atoms with van der Waals surface area (Å²) in [7, 11) is 0. The number of fused-ring (bicyclic) bond motifs is 3. The third kappa shape index (κ3) is 4.54. The van der Waals surface area contributed by atoms with Crippen molar-refractivity contribution in [1.29, 1.82) is 0 Å². The van der Waals surface area contributed by atoms with Crippen molar-refractivity contribution >= 4 is 11.9 Å². The highest BCUT2D eigenvalue weighted by Crippen LogP contribution is 2.43. The molecule has 0 saturated carbocycles. The first-order valence-electron chi connectivity index (χ1n) is 11.9. The number of carbonyl (C=O) groups excluding carboxylic acids is 2. The second-order valence-corrected chi connectivity index (χ2v) is 9.51. The summed E-state index contributed by atoms with van der Waals surface area (Å²) in [5, 5.41) is 11.8. The number of quaternary nitrogens is 1. The summed E-state index contributed by atoms with van der Waals surface area (Å²) in [5.74, 6) is -1.02. The van der Waals surface area contributed by atoms with Crippen LogP contribution >= 0.6 is 0 Å². The summed E-state index contributed by atoms with van der Waals surface area (Å²) in [5.41, 5.74) is 5.39. The Morgan fingerprint density at radius 2 is 1.58 bits per heavy atom. The molecule has 36 heavy (non-hydrogen) atoms. The number of ether oxygens (including phenoxy) is 1. The Hall–Kier alpha value is -3.14. The fourth-order valence-corrected chi connectivity index (χ4v) is 5.80. The molecule has 0 aliphatic carbocycles. The van der Waals surface area contributed by atoms with E-state index in [9.17, 15) is 14.7 Å². The zero-order valence-electron chi connectivity index (χ0n) is 19.7. The Morgan fingerprint density at radius 1 is 1.00 bits per heavy atom. The zero-order valence-corrected chi connectivity index (χ0v) is 21.3. The van der Waals surface area contributed by atoms with Gasteiger partial charge in [-0.15, -0.1) is 0 Å². The quantitative estimate of drug-likeness (QED) is 0.290. The first-order valence-corrected chi connectivity index (χ1v) is 11.9. The molecule has 3 N–H and O–H groups in total. The first kappa shape index (κ1) is 25.9. The number of halogens is 1. The number of amides is 1. The summed E-state index contributed by atoms with van der Waals surface area (Å²) in [6.07, 6.45) is 4.15. The SMILES string of the molecule is NC(=O)C(c1ccncn1)[N+]12CCC(CC1)[C@@H](OC(=O)C(O)(c1ccccc1)c1ccccc1)C2.[Br-]. The average Bonchev–Trinajstić information content (AvgIpc) is 2.90. The van der Waals surface area contributed by atoms with Crippen LogP contribution in [0.15, 0.2) is 79.3 Å². The van der Waals surface area contributed by atoms with E-state index in [2.05, 4.69) is 9.97 Å². The number of hydrogen-bond acceptors (Lipinski definition) is 6. The molecule has 188 valence electrons. The molecule has 0 spiro atoms. The van der Waals surface area contributed by atoms with Crippen molar-refractivity contribution in [3.05, 3.63) is 96.1 Å². The third-order valence-corrected chi connectivity index (χ3v) is 7.60. The lowest BCUT2D eigenvalue weighted by molar-refractivity contribution is -0.965. The first-order chi connectivity index (χ1) is 16.9. The summed E-state index contributed by atoms with van der Waals surface area (Å²) < 4.78 is 6.49. The van der Waals surface area contributed by atoms with Crippen LogP contribution < -0.4 is 22.7 Å². The molecule has 8 nitrogen and oxygen atoms in total. The van der Waals surface area contributed by atoms with Crippen LogP contribution in [-0.4, -0.2) is 57.2 Å². The lowest BCUT2D eigenvalue weighted by atomic mass is 9.80. The minimum absolute atomic E-state index is 0. The minimum Gasteiger partial charge on any atom is -1.00 e. The van der Waals surface area contributed by atoms with Gasteiger partial charge >= 0.3 is 5.97 Å². The van der Waals surface area contributed by atoms with E-state index < -0.39 is 29.6 Å². The number of rotatable bonds is 7. The number of primary amides is 1. The van der Waals surface area contributed by atoms with Crippen molar-refractivity contribution in [2.24, 2.45) is 11.7 Å². The second kappa shape index (κ2) is 10.5. The van der Waals surface area contributed by atoms with Crippen molar-refractivity contribution in [3.8, 4) is 0 Å². The summed E-state index contributed by atoms with van der Waals surface area (Å²) in [6.45, 7) is 1.93. The zero-order chi connectivity index (χ0) is 24.5. The Bertz CT molecular complexity index is 1150. The van der Waals surface area contributed by atoms with Crippen LogP contribution in [-0.2, 0) is 19.9 Å². The molecule has 1 amide bonds. The maximum atomic E-state index is 13.7.